The molecule has 4 rings (SSSR count). The van der Waals surface area contributed by atoms with Crippen LogP contribution in [-0.2, 0) is 14.8 Å². The van der Waals surface area contributed by atoms with E-state index in [4.69, 9.17) is 10.9 Å². The highest BCUT2D eigenvalue weighted by Gasteiger charge is 2.30. The van der Waals surface area contributed by atoms with Crippen LogP contribution in [0.15, 0.2) is 82.8 Å². The average Bonchev–Trinajstić information content (AvgIpc) is 2.92. The summed E-state index contributed by atoms with van der Waals surface area (Å²) in [4.78, 5) is 15.7. The molecule has 5 N–H and O–H groups in total. The number of nitrogens with zero attached hydrogens (tertiary/aromatic N) is 2. The lowest BCUT2D eigenvalue weighted by molar-refractivity contribution is -0.117. The minimum atomic E-state index is -3.90. The predicted molar refractivity (Wildman–Crippen MR) is 155 cm³/mol. The van der Waals surface area contributed by atoms with Crippen molar-refractivity contribution in [2.45, 2.75) is 56.5 Å². The second kappa shape index (κ2) is 11.5. The molecule has 1 saturated heterocycles. The lowest BCUT2D eigenvalue weighted by atomic mass is 9.99. The fourth-order valence-corrected chi connectivity index (χ4v) is 6.45. The van der Waals surface area contributed by atoms with Gasteiger partial charge in [-0.2, -0.15) is 0 Å². The van der Waals surface area contributed by atoms with Gasteiger partial charge in [-0.15, -0.1) is 0 Å². The number of carbonyl (C=O) groups is 1. The summed E-state index contributed by atoms with van der Waals surface area (Å²) in [5.41, 5.74) is 8.13. The van der Waals surface area contributed by atoms with Crippen molar-refractivity contribution in [2.75, 3.05) is 16.8 Å². The largest absolute Gasteiger partial charge is 0.409 e. The minimum absolute atomic E-state index is 0.00836. The molecule has 1 atom stereocenters. The van der Waals surface area contributed by atoms with Gasteiger partial charge in [0.1, 0.15) is 6.04 Å². The van der Waals surface area contributed by atoms with Crippen molar-refractivity contribution in [1.29, 1.82) is 0 Å². The molecular formula is C29H35N5O4S. The monoisotopic (exact) mass is 549 g/mol. The van der Waals surface area contributed by atoms with Gasteiger partial charge in [0.05, 0.1) is 4.90 Å². The molecule has 10 heteroatoms. The van der Waals surface area contributed by atoms with Gasteiger partial charge in [0, 0.05) is 34.6 Å². The fraction of sp³-hybridized carbons (Fsp3) is 0.310. The highest BCUT2D eigenvalue weighted by molar-refractivity contribution is 7.89. The lowest BCUT2D eigenvalue weighted by Gasteiger charge is -2.36. The van der Waals surface area contributed by atoms with Crippen LogP contribution >= 0.6 is 0 Å². The number of benzene rings is 3. The van der Waals surface area contributed by atoms with Gasteiger partial charge in [0.15, 0.2) is 5.84 Å². The van der Waals surface area contributed by atoms with Crippen LogP contribution in [0.5, 0.6) is 0 Å². The molecule has 1 aliphatic heterocycles. The third-order valence-corrected chi connectivity index (χ3v) is 8.25. The molecular weight excluding hydrogens is 514 g/mol. The summed E-state index contributed by atoms with van der Waals surface area (Å²) in [6, 6.07) is 21.0. The quantitative estimate of drug-likeness (QED) is 0.148. The Bertz CT molecular complexity index is 1470. The molecule has 1 aliphatic rings. The maximum atomic E-state index is 13.6. The average molecular weight is 550 g/mol. The summed E-state index contributed by atoms with van der Waals surface area (Å²) in [6.45, 7) is 6.01. The summed E-state index contributed by atoms with van der Waals surface area (Å²) < 4.78 is 29.6. The van der Waals surface area contributed by atoms with Crippen LogP contribution in [0.25, 0.3) is 11.1 Å². The zero-order chi connectivity index (χ0) is 28.2. The number of anilines is 2. The molecule has 0 spiro atoms. The molecule has 1 amide bonds. The first-order chi connectivity index (χ1) is 18.5. The van der Waals surface area contributed by atoms with E-state index in [1.54, 1.807) is 51.1 Å². The Morgan fingerprint density at radius 1 is 1.03 bits per heavy atom. The van der Waals surface area contributed by atoms with Gasteiger partial charge in [-0.05, 0) is 69.9 Å². The summed E-state index contributed by atoms with van der Waals surface area (Å²) in [7, 11) is -3.90. The van der Waals surface area contributed by atoms with Crippen molar-refractivity contribution in [2.24, 2.45) is 10.9 Å². The normalized spacial score (nSPS) is 16.6. The number of amidine groups is 1. The smallest absolute Gasteiger partial charge is 0.247 e. The van der Waals surface area contributed by atoms with Crippen LogP contribution in [-0.4, -0.2) is 43.5 Å². The van der Waals surface area contributed by atoms with Crippen molar-refractivity contribution in [3.05, 3.63) is 78.4 Å². The number of sulfonamides is 1. The van der Waals surface area contributed by atoms with Crippen LogP contribution in [0, 0.1) is 0 Å². The Morgan fingerprint density at radius 2 is 1.77 bits per heavy atom. The Balaban J connectivity index is 1.66. The maximum Gasteiger partial charge on any atom is 0.247 e. The van der Waals surface area contributed by atoms with Crippen LogP contribution in [0.2, 0.25) is 0 Å². The van der Waals surface area contributed by atoms with E-state index in [2.05, 4.69) is 15.2 Å². The molecule has 1 unspecified atom stereocenters. The van der Waals surface area contributed by atoms with E-state index < -0.39 is 21.6 Å². The zero-order valence-corrected chi connectivity index (χ0v) is 23.2. The number of carbonyl (C=O) groups excluding carboxylic acids is 1. The third kappa shape index (κ3) is 6.76. The molecule has 0 radical (unpaired) electrons. The Labute approximate surface area is 229 Å². The molecule has 0 aliphatic carbocycles. The second-order valence-electron chi connectivity index (χ2n) is 10.7. The SMILES string of the molecule is CC(C)(C)NS(=O)(=O)c1cc(NC(=O)C2CCCCN2c2cccc(/C(N)=N/O)c2)ccc1-c1ccccc1. The van der Waals surface area contributed by atoms with Gasteiger partial charge in [-0.1, -0.05) is 53.7 Å². The summed E-state index contributed by atoms with van der Waals surface area (Å²) in [5.74, 6) is -0.241. The lowest BCUT2D eigenvalue weighted by Crippen LogP contribution is -2.47. The summed E-state index contributed by atoms with van der Waals surface area (Å²) in [6.07, 6.45) is 2.44. The van der Waals surface area contributed by atoms with Crippen molar-refractivity contribution in [3.63, 3.8) is 0 Å². The van der Waals surface area contributed by atoms with E-state index in [0.29, 0.717) is 29.8 Å². The van der Waals surface area contributed by atoms with E-state index >= 15 is 0 Å². The molecule has 3 aromatic carbocycles. The standard InChI is InChI=1S/C29H35N5O4S/c1-29(2,3)33-39(37,38)26-19-22(15-16-24(26)20-10-5-4-6-11-20)31-28(35)25-14-7-8-17-34(25)23-13-9-12-21(18-23)27(30)32-36/h4-6,9-13,15-16,18-19,25,33,36H,7-8,14,17H2,1-3H3,(H2,30,32)(H,31,35). The molecule has 0 saturated carbocycles. The molecule has 206 valence electrons. The molecule has 39 heavy (non-hydrogen) atoms. The Kier molecular flexibility index (Phi) is 8.27. The van der Waals surface area contributed by atoms with E-state index in [-0.39, 0.29) is 16.6 Å². The number of hydrogen-bond acceptors (Lipinski definition) is 6. The van der Waals surface area contributed by atoms with Crippen LogP contribution in [0.4, 0.5) is 11.4 Å². The highest BCUT2D eigenvalue weighted by atomic mass is 32.2. The van der Waals surface area contributed by atoms with Gasteiger partial charge in [0.2, 0.25) is 15.9 Å². The van der Waals surface area contributed by atoms with Gasteiger partial charge >= 0.3 is 0 Å². The van der Waals surface area contributed by atoms with Crippen molar-refractivity contribution >= 4 is 33.1 Å². The molecule has 9 nitrogen and oxygen atoms in total. The molecule has 1 heterocycles. The summed E-state index contributed by atoms with van der Waals surface area (Å²) >= 11 is 0. The van der Waals surface area contributed by atoms with Crippen LogP contribution < -0.4 is 20.7 Å². The molecule has 0 bridgehead atoms. The number of oxime groups is 1. The van der Waals surface area contributed by atoms with E-state index in [1.807, 2.05) is 41.3 Å². The number of piperidine rings is 1. The topological polar surface area (TPSA) is 137 Å². The highest BCUT2D eigenvalue weighted by Crippen LogP contribution is 2.32. The Hall–Kier alpha value is -3.89. The van der Waals surface area contributed by atoms with E-state index in [0.717, 1.165) is 24.1 Å². The first kappa shape index (κ1) is 28.1. The van der Waals surface area contributed by atoms with Gasteiger partial charge in [-0.3, -0.25) is 4.79 Å². The first-order valence-electron chi connectivity index (χ1n) is 12.9. The summed E-state index contributed by atoms with van der Waals surface area (Å²) in [5, 5.41) is 15.1. The van der Waals surface area contributed by atoms with Crippen molar-refractivity contribution < 1.29 is 18.4 Å². The fourth-order valence-electron chi connectivity index (χ4n) is 4.78. The van der Waals surface area contributed by atoms with Gasteiger partial charge in [-0.25, -0.2) is 13.1 Å². The Morgan fingerprint density at radius 3 is 2.46 bits per heavy atom. The third-order valence-electron chi connectivity index (χ3n) is 6.45. The number of hydrogen-bond donors (Lipinski definition) is 4. The predicted octanol–water partition coefficient (Wildman–Crippen LogP) is 4.52. The maximum absolute atomic E-state index is 13.6. The molecule has 1 fully saturated rings. The zero-order valence-electron chi connectivity index (χ0n) is 22.4. The van der Waals surface area contributed by atoms with Gasteiger partial charge in [0.25, 0.3) is 0 Å². The molecule has 0 aromatic heterocycles. The van der Waals surface area contributed by atoms with Crippen LogP contribution in [0.3, 0.4) is 0 Å². The number of nitrogens with one attached hydrogen (secondary N) is 2. The van der Waals surface area contributed by atoms with Crippen molar-refractivity contribution in [1.82, 2.24) is 4.72 Å². The number of rotatable bonds is 7. The van der Waals surface area contributed by atoms with Crippen molar-refractivity contribution in [3.8, 4) is 11.1 Å². The second-order valence-corrected chi connectivity index (χ2v) is 12.3. The minimum Gasteiger partial charge on any atom is -0.409 e. The van der Waals surface area contributed by atoms with Gasteiger partial charge < -0.3 is 21.2 Å². The van der Waals surface area contributed by atoms with E-state index in [1.165, 1.54) is 6.07 Å². The number of nitrogens with two attached hydrogens (primary N) is 1. The number of amides is 1. The molecule has 3 aromatic rings. The first-order valence-corrected chi connectivity index (χ1v) is 14.4. The van der Waals surface area contributed by atoms with E-state index in [9.17, 15) is 13.2 Å². The van der Waals surface area contributed by atoms with Crippen LogP contribution in [0.1, 0.15) is 45.6 Å².